The van der Waals surface area contributed by atoms with Gasteiger partial charge in [0.1, 0.15) is 0 Å². The summed E-state index contributed by atoms with van der Waals surface area (Å²) in [4.78, 5) is 10.1. The molecule has 9 heavy (non-hydrogen) atoms. The molecule has 0 fully saturated rings. The molecular weight excluding hydrogens is 201 g/mol. The van der Waals surface area contributed by atoms with Gasteiger partial charge in [-0.1, -0.05) is 0 Å². The van der Waals surface area contributed by atoms with Gasteiger partial charge in [0.2, 0.25) is 0 Å². The predicted octanol–water partition coefficient (Wildman–Crippen LogP) is 0.659. The molecule has 0 aliphatic rings. The first-order valence-corrected chi connectivity index (χ1v) is 4.77. The normalized spacial score (nSPS) is 12.6. The molecule has 0 radical (unpaired) electrons. The Hall–Kier alpha value is 0.339. The van der Waals surface area contributed by atoms with E-state index in [-0.39, 0.29) is 6.04 Å². The summed E-state index contributed by atoms with van der Waals surface area (Å²) < 4.78 is 3.74. The van der Waals surface area contributed by atoms with Gasteiger partial charge < -0.3 is 0 Å². The first kappa shape index (κ1) is 9.34. The summed E-state index contributed by atoms with van der Waals surface area (Å²) in [6.07, 6.45) is 3.73. The van der Waals surface area contributed by atoms with Gasteiger partial charge in [0, 0.05) is 0 Å². The van der Waals surface area contributed by atoms with E-state index in [1.807, 2.05) is 6.26 Å². The fraction of sp³-hybridized carbons (Fsp3) is 0.800. The molecule has 0 amide bonds. The zero-order valence-corrected chi connectivity index (χ0v) is 7.77. The van der Waals surface area contributed by atoms with Crippen molar-refractivity contribution in [2.45, 2.75) is 12.5 Å². The van der Waals surface area contributed by atoms with Crippen LogP contribution in [0.3, 0.4) is 0 Å². The molecule has 0 rings (SSSR count). The van der Waals surface area contributed by atoms with Crippen molar-refractivity contribution in [2.75, 3.05) is 12.0 Å². The summed E-state index contributed by atoms with van der Waals surface area (Å²) in [5.41, 5.74) is 0. The molecule has 2 nitrogen and oxygen atoms in total. The molecule has 0 saturated carbocycles. The topological polar surface area (TPSA) is 29.4 Å². The predicted molar refractivity (Wildman–Crippen MR) is 41.0 cm³/mol. The van der Waals surface area contributed by atoms with Gasteiger partial charge in [-0.15, -0.1) is 0 Å². The maximum absolute atomic E-state index is 10.1. The van der Waals surface area contributed by atoms with Crippen molar-refractivity contribution in [1.82, 2.24) is 0 Å². The zero-order valence-electron chi connectivity index (χ0n) is 5.24. The van der Waals surface area contributed by atoms with Crippen LogP contribution in [-0.4, -0.2) is 40.2 Å². The van der Waals surface area contributed by atoms with E-state index in [0.29, 0.717) is 0 Å². The molecule has 0 aliphatic carbocycles. The van der Waals surface area contributed by atoms with Gasteiger partial charge in [-0.2, -0.15) is 0 Å². The molecule has 0 aromatic heterocycles. The Morgan fingerprint density at radius 3 is 2.89 bits per heavy atom. The van der Waals surface area contributed by atoms with Gasteiger partial charge in [0.05, 0.1) is 0 Å². The summed E-state index contributed by atoms with van der Waals surface area (Å²) in [5, 5.41) is 0. The monoisotopic (exact) mass is 211 g/mol. The van der Waals surface area contributed by atoms with Crippen LogP contribution in [0, 0.1) is 0 Å². The van der Waals surface area contributed by atoms with Crippen LogP contribution in [0.15, 0.2) is 3.96 Å². The molecule has 0 saturated heterocycles. The summed E-state index contributed by atoms with van der Waals surface area (Å²) in [6.45, 7) is 0. The quantitative estimate of drug-likeness (QED) is 0.492. The fourth-order valence-electron chi connectivity index (χ4n) is 0.384. The van der Waals surface area contributed by atoms with Crippen molar-refractivity contribution in [2.24, 2.45) is 3.96 Å². The Morgan fingerprint density at radius 1 is 1.89 bits per heavy atom. The van der Waals surface area contributed by atoms with Gasteiger partial charge in [-0.05, 0) is 0 Å². The summed E-state index contributed by atoms with van der Waals surface area (Å²) in [5.74, 6) is 0.995. The van der Waals surface area contributed by atoms with Crippen LogP contribution in [-0.2, 0) is 4.79 Å². The number of hydrogen-bond acceptors (Lipinski definition) is 3. The average Bonchev–Trinajstić information content (AvgIpc) is 1.91. The number of carbonyl (C=O) groups is 1. The summed E-state index contributed by atoms with van der Waals surface area (Å²) in [7, 11) is 0. The van der Waals surface area contributed by atoms with Crippen molar-refractivity contribution in [1.29, 1.82) is 0 Å². The summed E-state index contributed by atoms with van der Waals surface area (Å²) >= 11 is 4.22. The third-order valence-corrected chi connectivity index (χ3v) is 2.12. The van der Waals surface area contributed by atoms with Crippen LogP contribution in [0.5, 0.6) is 0 Å². The number of hydrogen-bond donors (Lipinski definition) is 0. The van der Waals surface area contributed by atoms with E-state index in [1.54, 1.807) is 11.8 Å². The molecule has 0 aromatic carbocycles. The molecule has 0 unspecified atom stereocenters. The number of nitrogens with zero attached hydrogens (tertiary/aromatic N) is 1. The average molecular weight is 210 g/mol. The van der Waals surface area contributed by atoms with Gasteiger partial charge in [0.25, 0.3) is 0 Å². The molecule has 0 aliphatic heterocycles. The molecule has 1 atom stereocenters. The molecule has 0 bridgehead atoms. The summed E-state index contributed by atoms with van der Waals surface area (Å²) in [6, 6.07) is -0.127. The van der Waals surface area contributed by atoms with Crippen LogP contribution in [0.4, 0.5) is 0 Å². The fourth-order valence-corrected chi connectivity index (χ4v) is 1.19. The van der Waals surface area contributed by atoms with E-state index in [0.717, 1.165) is 18.5 Å². The zero-order chi connectivity index (χ0) is 7.11. The van der Waals surface area contributed by atoms with Crippen molar-refractivity contribution in [3.8, 4) is 0 Å². The number of rotatable bonds is 5. The Kier molecular flexibility index (Phi) is 6.70. The SMILES string of the molecule is CSCC[C@@H](C=O)N=[Se]. The van der Waals surface area contributed by atoms with E-state index in [1.165, 1.54) is 0 Å². The van der Waals surface area contributed by atoms with Crippen LogP contribution in [0.1, 0.15) is 6.42 Å². The van der Waals surface area contributed by atoms with Crippen LogP contribution in [0.2, 0.25) is 0 Å². The molecular formula is C5H9NOSSe. The molecule has 0 spiro atoms. The second-order valence-electron chi connectivity index (χ2n) is 1.59. The molecule has 0 N–H and O–H groups in total. The van der Waals surface area contributed by atoms with E-state index < -0.39 is 0 Å². The Morgan fingerprint density at radius 2 is 2.56 bits per heavy atom. The third-order valence-electron chi connectivity index (χ3n) is 0.910. The van der Waals surface area contributed by atoms with Crippen molar-refractivity contribution in [3.05, 3.63) is 0 Å². The Balaban J connectivity index is 3.30. The molecule has 52 valence electrons. The van der Waals surface area contributed by atoms with Gasteiger partial charge in [-0.25, -0.2) is 0 Å². The van der Waals surface area contributed by atoms with E-state index in [9.17, 15) is 4.79 Å². The van der Waals surface area contributed by atoms with E-state index in [4.69, 9.17) is 0 Å². The molecule has 0 aromatic rings. The minimum absolute atomic E-state index is 0.127. The van der Waals surface area contributed by atoms with E-state index in [2.05, 4.69) is 19.8 Å². The van der Waals surface area contributed by atoms with Crippen molar-refractivity contribution < 1.29 is 4.79 Å². The molecule has 0 heterocycles. The maximum atomic E-state index is 10.1. The number of carbonyl (C=O) groups excluding carboxylic acids is 1. The van der Waals surface area contributed by atoms with Crippen molar-refractivity contribution >= 4 is 33.9 Å². The first-order valence-electron chi connectivity index (χ1n) is 2.61. The number of aldehydes is 1. The van der Waals surface area contributed by atoms with Crippen molar-refractivity contribution in [3.63, 3.8) is 0 Å². The van der Waals surface area contributed by atoms with Crippen LogP contribution in [0.25, 0.3) is 0 Å². The molecule has 4 heteroatoms. The van der Waals surface area contributed by atoms with Gasteiger partial charge >= 0.3 is 67.1 Å². The van der Waals surface area contributed by atoms with Gasteiger partial charge in [0.15, 0.2) is 0 Å². The third kappa shape index (κ3) is 4.82. The van der Waals surface area contributed by atoms with E-state index >= 15 is 0 Å². The minimum atomic E-state index is -0.127. The van der Waals surface area contributed by atoms with Gasteiger partial charge in [-0.3, -0.25) is 0 Å². The number of thioether (sulfide) groups is 1. The second kappa shape index (κ2) is 6.46. The van der Waals surface area contributed by atoms with Crippen LogP contribution >= 0.6 is 11.8 Å². The Bertz CT molecular complexity index is 91.0. The van der Waals surface area contributed by atoms with Crippen LogP contribution < -0.4 is 0 Å². The first-order chi connectivity index (χ1) is 4.35. The second-order valence-corrected chi connectivity index (χ2v) is 3.02. The standard InChI is InChI=1S/C5H9NOSSe/c1-8-3-2-5(4-7)6-9/h4-5H,2-3H2,1H3/t5-/m0/s1. The Labute approximate surface area is 67.4 Å².